The van der Waals surface area contributed by atoms with E-state index >= 15 is 0 Å². The minimum Gasteiger partial charge on any atom is -0.480 e. The minimum absolute atomic E-state index is 0.0268. The summed E-state index contributed by atoms with van der Waals surface area (Å²) in [4.78, 5) is 91.6. The van der Waals surface area contributed by atoms with Crippen LogP contribution in [0.5, 0.6) is 0 Å². The van der Waals surface area contributed by atoms with Crippen LogP contribution in [0.2, 0.25) is 0 Å². The number of aliphatic carboxylic acids is 1. The van der Waals surface area contributed by atoms with E-state index in [0.29, 0.717) is 26.1 Å². The van der Waals surface area contributed by atoms with Crippen LogP contribution in [0.15, 0.2) is 85.7 Å². The zero-order chi connectivity index (χ0) is 58.7. The fourth-order valence-electron chi connectivity index (χ4n) is 8.18. The van der Waals surface area contributed by atoms with Crippen molar-refractivity contribution in [3.63, 3.8) is 0 Å². The monoisotopic (exact) mass is 1100 g/mol. The number of carbonyl (C=O) groups is 6. The molecule has 0 bridgehead atoms. The van der Waals surface area contributed by atoms with Crippen LogP contribution in [0.25, 0.3) is 0 Å². The largest absolute Gasteiger partial charge is 0.480 e. The Kier molecular flexibility index (Phi) is 23.8. The number of benzene rings is 2. The molecule has 2 fully saturated rings. The molecular formula is C58H88N10O11. The molecule has 2 atom stereocenters. The Bertz CT molecular complexity index is 2560. The maximum absolute atomic E-state index is 14.2. The fraction of sp³-hybridized carbons (Fsp3) is 0.586. The lowest BCUT2D eigenvalue weighted by Gasteiger charge is -2.42. The zero-order valence-corrected chi connectivity index (χ0v) is 49.2. The maximum Gasteiger partial charge on any atom is 0.411 e. The van der Waals surface area contributed by atoms with E-state index in [-0.39, 0.29) is 45.2 Å². The van der Waals surface area contributed by atoms with Gasteiger partial charge in [-0.05, 0) is 127 Å². The first-order valence-electron chi connectivity index (χ1n) is 27.1. The van der Waals surface area contributed by atoms with Crippen LogP contribution in [0.1, 0.15) is 118 Å². The van der Waals surface area contributed by atoms with E-state index in [1.807, 2.05) is 67.3 Å². The first kappa shape index (κ1) is 64.4. The summed E-state index contributed by atoms with van der Waals surface area (Å²) >= 11 is 0. The van der Waals surface area contributed by atoms with Gasteiger partial charge in [0.15, 0.2) is 6.04 Å². The molecule has 21 heteroatoms. The Morgan fingerprint density at radius 1 is 0.570 bits per heavy atom. The fourth-order valence-corrected chi connectivity index (χ4v) is 8.18. The summed E-state index contributed by atoms with van der Waals surface area (Å²) in [6, 6.07) is 18.2. The molecule has 2 aromatic carbocycles. The van der Waals surface area contributed by atoms with E-state index in [1.54, 1.807) is 94.3 Å². The number of nitrogens with zero attached hydrogens (tertiary/aromatic N) is 9. The Balaban J connectivity index is 0.000000283. The first-order chi connectivity index (χ1) is 36.9. The van der Waals surface area contributed by atoms with E-state index in [9.17, 15) is 33.9 Å². The minimum atomic E-state index is -1.19. The van der Waals surface area contributed by atoms with Crippen molar-refractivity contribution < 1.29 is 52.8 Å². The summed E-state index contributed by atoms with van der Waals surface area (Å²) < 4.78 is 25.8. The lowest BCUT2D eigenvalue weighted by molar-refractivity contribution is -0.145. The van der Waals surface area contributed by atoms with Gasteiger partial charge in [-0.3, -0.25) is 14.6 Å². The number of carbonyl (C=O) groups excluding carboxylic acids is 5. The van der Waals surface area contributed by atoms with Crippen molar-refractivity contribution in [2.75, 3.05) is 52.4 Å². The van der Waals surface area contributed by atoms with Gasteiger partial charge in [0.2, 0.25) is 5.91 Å². The van der Waals surface area contributed by atoms with Gasteiger partial charge >= 0.3 is 30.3 Å². The molecule has 436 valence electrons. The molecule has 2 aliphatic rings. The van der Waals surface area contributed by atoms with Gasteiger partial charge in [-0.2, -0.15) is 0 Å². The molecule has 0 unspecified atom stereocenters. The highest BCUT2D eigenvalue weighted by atomic mass is 16.6. The molecule has 6 rings (SSSR count). The molecule has 4 aromatic rings. The predicted molar refractivity (Wildman–Crippen MR) is 300 cm³/mol. The van der Waals surface area contributed by atoms with Gasteiger partial charge in [0, 0.05) is 71.3 Å². The van der Waals surface area contributed by atoms with Crippen LogP contribution in [-0.2, 0) is 54.7 Å². The normalized spacial score (nSPS) is 15.9. The lowest BCUT2D eigenvalue weighted by Crippen LogP contribution is -2.62. The molecule has 79 heavy (non-hydrogen) atoms. The van der Waals surface area contributed by atoms with E-state index in [0.717, 1.165) is 47.9 Å². The maximum atomic E-state index is 14.2. The third kappa shape index (κ3) is 23.8. The number of nitrogens with one attached hydrogen (secondary N) is 1. The Labute approximate surface area is 467 Å². The SMILES string of the molecule is CC(C)(C)OC(=O)N1CCN(C(=O)OC(C)(C)C)[C@@H](C(=O)O)C1.Cc1cn(CCCN(Cc2ccccc2)C(=O)[C@H]2CN(C(=O)OC(C)(C)C)CCN2C(=O)OC(C)(C)C)cn1.Cc1cn(CCCNCc2ccccc2)cn1. The van der Waals surface area contributed by atoms with Crippen molar-refractivity contribution in [2.24, 2.45) is 0 Å². The molecule has 21 nitrogen and oxygen atoms in total. The topological polar surface area (TPSA) is 223 Å². The van der Waals surface area contributed by atoms with Gasteiger partial charge in [0.25, 0.3) is 0 Å². The third-order valence-electron chi connectivity index (χ3n) is 11.7. The number of hydrogen-bond acceptors (Lipinski definition) is 13. The molecule has 0 radical (unpaired) electrons. The average molecular weight is 1100 g/mol. The van der Waals surface area contributed by atoms with E-state index in [4.69, 9.17) is 18.9 Å². The molecule has 2 aromatic heterocycles. The summed E-state index contributed by atoms with van der Waals surface area (Å²) in [5.41, 5.74) is 1.55. The highest BCUT2D eigenvalue weighted by molar-refractivity contribution is 5.87. The van der Waals surface area contributed by atoms with Crippen LogP contribution in [0.3, 0.4) is 0 Å². The van der Waals surface area contributed by atoms with Gasteiger partial charge in [-0.1, -0.05) is 60.7 Å². The highest BCUT2D eigenvalue weighted by Crippen LogP contribution is 2.23. The molecule has 0 saturated carbocycles. The zero-order valence-electron chi connectivity index (χ0n) is 49.2. The molecular weight excluding hydrogens is 1010 g/mol. The van der Waals surface area contributed by atoms with Gasteiger partial charge in [-0.25, -0.2) is 33.9 Å². The first-order valence-corrected chi connectivity index (χ1v) is 27.1. The van der Waals surface area contributed by atoms with E-state index in [1.165, 1.54) is 20.3 Å². The van der Waals surface area contributed by atoms with E-state index in [2.05, 4.69) is 50.3 Å². The highest BCUT2D eigenvalue weighted by Gasteiger charge is 2.43. The number of aryl methyl sites for hydroxylation is 4. The van der Waals surface area contributed by atoms with Crippen molar-refractivity contribution in [2.45, 2.75) is 170 Å². The summed E-state index contributed by atoms with van der Waals surface area (Å²) in [6.45, 7) is 30.2. The number of piperazine rings is 2. The van der Waals surface area contributed by atoms with Crippen molar-refractivity contribution >= 4 is 36.2 Å². The van der Waals surface area contributed by atoms with Gasteiger partial charge in [-0.15, -0.1) is 0 Å². The second-order valence-corrected chi connectivity index (χ2v) is 23.7. The molecule has 5 amide bonds. The summed E-state index contributed by atoms with van der Waals surface area (Å²) in [7, 11) is 0. The lowest BCUT2D eigenvalue weighted by atomic mass is 10.1. The number of amides is 5. The number of ether oxygens (including phenoxy) is 4. The number of imidazole rings is 2. The second-order valence-electron chi connectivity index (χ2n) is 23.7. The van der Waals surface area contributed by atoms with Crippen LogP contribution in [0, 0.1) is 13.8 Å². The van der Waals surface area contributed by atoms with Gasteiger partial charge in [0.05, 0.1) is 37.1 Å². The molecule has 4 heterocycles. The van der Waals surface area contributed by atoms with Crippen LogP contribution >= 0.6 is 0 Å². The molecule has 2 saturated heterocycles. The quantitative estimate of drug-likeness (QED) is 0.0890. The van der Waals surface area contributed by atoms with Crippen molar-refractivity contribution in [3.05, 3.63) is 108 Å². The second kappa shape index (κ2) is 29.2. The standard InChI is InChI=1S/C29H43N5O5.C15H26N2O6.C14H19N3/c1-22-18-31(21-30-22)14-11-15-32(19-23-12-9-8-10-13-23)25(35)24-20-33(26(36)38-28(2,3)4)16-17-34(24)27(37)39-29(5,6)7;1-14(2,3)22-12(20)16-7-8-17(10(9-16)11(18)19)13(21)23-15(4,5)6;1-13-11-17(12-16-13)9-5-8-15-10-14-6-3-2-4-7-14/h8-10,12-13,18,21,24H,11,14-17,19-20H2,1-7H3;10H,7-9H2,1-6H3,(H,18,19);2-4,6-7,11-12,15H,5,8-10H2,1H3/t24-;10-;/m11./s1. The van der Waals surface area contributed by atoms with Crippen molar-refractivity contribution in [1.82, 2.24) is 48.9 Å². The number of carboxylic acids is 1. The number of hydrogen-bond donors (Lipinski definition) is 2. The summed E-state index contributed by atoms with van der Waals surface area (Å²) in [5.74, 6) is -1.43. The molecule has 2 aliphatic heterocycles. The number of carboxylic acid groups (broad SMARTS) is 1. The molecule has 0 aliphatic carbocycles. The number of aromatic nitrogens is 4. The molecule has 2 N–H and O–H groups in total. The smallest absolute Gasteiger partial charge is 0.411 e. The van der Waals surface area contributed by atoms with Crippen molar-refractivity contribution in [1.29, 1.82) is 0 Å². The predicted octanol–water partition coefficient (Wildman–Crippen LogP) is 8.77. The van der Waals surface area contributed by atoms with Crippen LogP contribution in [-0.4, -0.2) is 172 Å². The summed E-state index contributed by atoms with van der Waals surface area (Å²) in [5, 5.41) is 12.8. The number of rotatable bonds is 14. The summed E-state index contributed by atoms with van der Waals surface area (Å²) in [6.07, 6.45) is 7.18. The van der Waals surface area contributed by atoms with Crippen molar-refractivity contribution in [3.8, 4) is 0 Å². The Morgan fingerprint density at radius 2 is 0.975 bits per heavy atom. The Hall–Kier alpha value is -7.16. The van der Waals surface area contributed by atoms with Crippen LogP contribution < -0.4 is 5.32 Å². The molecule has 0 spiro atoms. The third-order valence-corrected chi connectivity index (χ3v) is 11.7. The van der Waals surface area contributed by atoms with Crippen LogP contribution in [0.4, 0.5) is 19.2 Å². The van der Waals surface area contributed by atoms with E-state index < -0.39 is 64.8 Å². The Morgan fingerprint density at radius 3 is 1.39 bits per heavy atom. The average Bonchev–Trinajstić information content (AvgIpc) is 3.99. The van der Waals surface area contributed by atoms with Gasteiger partial charge < -0.3 is 53.2 Å². The van der Waals surface area contributed by atoms with Gasteiger partial charge in [0.1, 0.15) is 28.4 Å².